The Morgan fingerprint density at radius 2 is 2.06 bits per heavy atom. The summed E-state index contributed by atoms with van der Waals surface area (Å²) in [4.78, 5) is 11.9. The normalized spacial score (nSPS) is 14.0. The van der Waals surface area contributed by atoms with E-state index in [1.807, 2.05) is 25.1 Å². The van der Waals surface area contributed by atoms with Crippen LogP contribution in [0.3, 0.4) is 0 Å². The van der Waals surface area contributed by atoms with Crippen LogP contribution in [0.2, 0.25) is 0 Å². The van der Waals surface area contributed by atoms with Gasteiger partial charge in [-0.25, -0.2) is 0 Å². The van der Waals surface area contributed by atoms with Crippen LogP contribution < -0.4 is 11.1 Å². The zero-order chi connectivity index (χ0) is 13.5. The van der Waals surface area contributed by atoms with Crippen molar-refractivity contribution in [2.75, 3.05) is 0 Å². The summed E-state index contributed by atoms with van der Waals surface area (Å²) in [5.74, 6) is -0.0563. The Morgan fingerprint density at radius 3 is 2.67 bits per heavy atom. The van der Waals surface area contributed by atoms with Crippen molar-refractivity contribution in [3.05, 3.63) is 35.4 Å². The van der Waals surface area contributed by atoms with Gasteiger partial charge in [-0.2, -0.15) is 0 Å². The molecule has 0 aliphatic carbocycles. The molecule has 0 aliphatic heterocycles. The van der Waals surface area contributed by atoms with Crippen molar-refractivity contribution in [3.63, 3.8) is 0 Å². The van der Waals surface area contributed by atoms with Gasteiger partial charge in [0.25, 0.3) is 0 Å². The van der Waals surface area contributed by atoms with Crippen LogP contribution in [0.25, 0.3) is 0 Å². The lowest BCUT2D eigenvalue weighted by atomic mass is 10.0. The third kappa shape index (κ3) is 4.15. The monoisotopic (exact) mass is 248 g/mol. The van der Waals surface area contributed by atoms with E-state index in [1.165, 1.54) is 5.56 Å². The SMILES string of the molecule is CCCC[C@H](N)C(=O)N[C@@H](C)c1ccccc1C. The molecule has 0 aromatic heterocycles. The van der Waals surface area contributed by atoms with E-state index in [9.17, 15) is 4.79 Å². The Balaban J connectivity index is 2.57. The summed E-state index contributed by atoms with van der Waals surface area (Å²) in [6, 6.07) is 7.69. The molecule has 3 nitrogen and oxygen atoms in total. The molecule has 0 fully saturated rings. The summed E-state index contributed by atoms with van der Waals surface area (Å²) in [7, 11) is 0. The Labute approximate surface area is 110 Å². The van der Waals surface area contributed by atoms with E-state index in [0.29, 0.717) is 0 Å². The summed E-state index contributed by atoms with van der Waals surface area (Å²) in [6.07, 6.45) is 2.81. The van der Waals surface area contributed by atoms with Crippen molar-refractivity contribution in [2.45, 2.75) is 52.1 Å². The maximum absolute atomic E-state index is 11.9. The van der Waals surface area contributed by atoms with Crippen LogP contribution in [0.4, 0.5) is 0 Å². The molecule has 0 saturated heterocycles. The minimum absolute atomic E-state index is 0.00590. The third-order valence-corrected chi connectivity index (χ3v) is 3.22. The molecule has 1 amide bonds. The number of nitrogens with two attached hydrogens (primary N) is 1. The molecule has 0 saturated carbocycles. The van der Waals surface area contributed by atoms with Crippen molar-refractivity contribution in [3.8, 4) is 0 Å². The van der Waals surface area contributed by atoms with Gasteiger partial charge in [-0.3, -0.25) is 4.79 Å². The zero-order valence-electron chi connectivity index (χ0n) is 11.6. The fourth-order valence-corrected chi connectivity index (χ4v) is 2.03. The number of rotatable bonds is 6. The van der Waals surface area contributed by atoms with Crippen molar-refractivity contribution < 1.29 is 4.79 Å². The molecular formula is C15H24N2O. The van der Waals surface area contributed by atoms with Crippen LogP contribution in [-0.4, -0.2) is 11.9 Å². The van der Waals surface area contributed by atoms with Gasteiger partial charge in [-0.15, -0.1) is 0 Å². The quantitative estimate of drug-likeness (QED) is 0.813. The molecule has 0 heterocycles. The maximum Gasteiger partial charge on any atom is 0.237 e. The molecule has 0 spiro atoms. The second kappa shape index (κ2) is 7.17. The molecule has 0 aliphatic rings. The Kier molecular flexibility index (Phi) is 5.86. The van der Waals surface area contributed by atoms with E-state index < -0.39 is 6.04 Å². The third-order valence-electron chi connectivity index (χ3n) is 3.22. The van der Waals surface area contributed by atoms with Crippen molar-refractivity contribution >= 4 is 5.91 Å². The fourth-order valence-electron chi connectivity index (χ4n) is 2.03. The minimum Gasteiger partial charge on any atom is -0.348 e. The van der Waals surface area contributed by atoms with E-state index in [4.69, 9.17) is 5.73 Å². The van der Waals surface area contributed by atoms with Crippen LogP contribution in [0.1, 0.15) is 50.3 Å². The van der Waals surface area contributed by atoms with Crippen molar-refractivity contribution in [1.82, 2.24) is 5.32 Å². The lowest BCUT2D eigenvalue weighted by molar-refractivity contribution is -0.123. The van der Waals surface area contributed by atoms with Crippen LogP contribution in [0, 0.1) is 6.92 Å². The highest BCUT2D eigenvalue weighted by molar-refractivity contribution is 5.81. The van der Waals surface area contributed by atoms with Gasteiger partial charge in [0.05, 0.1) is 12.1 Å². The molecule has 1 aromatic rings. The standard InChI is InChI=1S/C15H24N2O/c1-4-5-10-14(16)15(18)17-12(3)13-9-7-6-8-11(13)2/h6-9,12,14H,4-5,10,16H2,1-3H3,(H,17,18)/t12-,14-/m0/s1. The topological polar surface area (TPSA) is 55.1 Å². The lowest BCUT2D eigenvalue weighted by Crippen LogP contribution is -2.41. The van der Waals surface area contributed by atoms with Crippen molar-refractivity contribution in [2.24, 2.45) is 5.73 Å². The molecule has 100 valence electrons. The first kappa shape index (κ1) is 14.7. The Bertz CT molecular complexity index is 390. The summed E-state index contributed by atoms with van der Waals surface area (Å²) in [5.41, 5.74) is 8.19. The average molecular weight is 248 g/mol. The second-order valence-corrected chi connectivity index (χ2v) is 4.84. The largest absolute Gasteiger partial charge is 0.348 e. The zero-order valence-corrected chi connectivity index (χ0v) is 11.6. The number of hydrogen-bond donors (Lipinski definition) is 2. The number of hydrogen-bond acceptors (Lipinski definition) is 2. The molecule has 0 unspecified atom stereocenters. The molecule has 1 aromatic carbocycles. The van der Waals surface area contributed by atoms with Crippen LogP contribution in [-0.2, 0) is 4.79 Å². The van der Waals surface area contributed by atoms with Gasteiger partial charge in [0.15, 0.2) is 0 Å². The number of benzene rings is 1. The number of unbranched alkanes of at least 4 members (excludes halogenated alkanes) is 1. The Hall–Kier alpha value is -1.35. The highest BCUT2D eigenvalue weighted by Gasteiger charge is 2.16. The van der Waals surface area contributed by atoms with Crippen molar-refractivity contribution in [1.29, 1.82) is 0 Å². The molecule has 3 N–H and O–H groups in total. The molecule has 1 rings (SSSR count). The summed E-state index contributed by atoms with van der Waals surface area (Å²) >= 11 is 0. The smallest absolute Gasteiger partial charge is 0.237 e. The van der Waals surface area contributed by atoms with Gasteiger partial charge in [0.2, 0.25) is 5.91 Å². The number of carbonyl (C=O) groups is 1. The summed E-state index contributed by atoms with van der Waals surface area (Å²) < 4.78 is 0. The predicted octanol–water partition coefficient (Wildman–Crippen LogP) is 2.69. The first-order valence-electron chi connectivity index (χ1n) is 6.67. The first-order chi connectivity index (χ1) is 8.56. The van der Waals surface area contributed by atoms with E-state index in [2.05, 4.69) is 25.2 Å². The predicted molar refractivity (Wildman–Crippen MR) is 75.2 cm³/mol. The van der Waals surface area contributed by atoms with E-state index >= 15 is 0 Å². The lowest BCUT2D eigenvalue weighted by Gasteiger charge is -2.19. The van der Waals surface area contributed by atoms with Gasteiger partial charge < -0.3 is 11.1 Å². The highest BCUT2D eigenvalue weighted by atomic mass is 16.2. The minimum atomic E-state index is -0.392. The number of aryl methyl sites for hydroxylation is 1. The number of carbonyl (C=O) groups excluding carboxylic acids is 1. The molecule has 18 heavy (non-hydrogen) atoms. The van der Waals surface area contributed by atoms with Gasteiger partial charge in [0.1, 0.15) is 0 Å². The summed E-state index contributed by atoms with van der Waals surface area (Å²) in [6.45, 7) is 6.14. The number of nitrogens with one attached hydrogen (secondary N) is 1. The molecule has 2 atom stereocenters. The van der Waals surface area contributed by atoms with E-state index in [0.717, 1.165) is 24.8 Å². The first-order valence-corrected chi connectivity index (χ1v) is 6.67. The van der Waals surface area contributed by atoms with E-state index in [1.54, 1.807) is 0 Å². The van der Waals surface area contributed by atoms with Gasteiger partial charge in [-0.05, 0) is 31.4 Å². The maximum atomic E-state index is 11.9. The van der Waals surface area contributed by atoms with Gasteiger partial charge >= 0.3 is 0 Å². The Morgan fingerprint density at radius 1 is 1.39 bits per heavy atom. The molecule has 0 radical (unpaired) electrons. The summed E-state index contributed by atoms with van der Waals surface area (Å²) in [5, 5.41) is 2.98. The molecule has 0 bridgehead atoms. The van der Waals surface area contributed by atoms with Crippen LogP contribution in [0.15, 0.2) is 24.3 Å². The van der Waals surface area contributed by atoms with Gasteiger partial charge in [0, 0.05) is 0 Å². The molecular weight excluding hydrogens is 224 g/mol. The highest BCUT2D eigenvalue weighted by Crippen LogP contribution is 2.16. The fraction of sp³-hybridized carbons (Fsp3) is 0.533. The second-order valence-electron chi connectivity index (χ2n) is 4.84. The molecule has 3 heteroatoms. The van der Waals surface area contributed by atoms with Crippen LogP contribution in [0.5, 0.6) is 0 Å². The van der Waals surface area contributed by atoms with Gasteiger partial charge in [-0.1, -0.05) is 44.0 Å². The average Bonchev–Trinajstić information content (AvgIpc) is 2.36. The van der Waals surface area contributed by atoms with Crippen LogP contribution >= 0.6 is 0 Å². The van der Waals surface area contributed by atoms with E-state index in [-0.39, 0.29) is 11.9 Å². The number of amides is 1.